The highest BCUT2D eigenvalue weighted by atomic mass is 32.2. The zero-order valence-corrected chi connectivity index (χ0v) is 16.1. The molecule has 7 heteroatoms. The van der Waals surface area contributed by atoms with Gasteiger partial charge in [0.1, 0.15) is 6.33 Å². The molecule has 3 rings (SSSR count). The highest BCUT2D eigenvalue weighted by molar-refractivity contribution is 7.92. The molecule has 1 N–H and O–H groups in total. The lowest BCUT2D eigenvalue weighted by molar-refractivity contribution is 0.599. The number of sulfonamides is 1. The molecule has 2 aromatic carbocycles. The number of benzene rings is 2. The first-order chi connectivity index (χ1) is 12.2. The number of rotatable bonds is 5. The topological polar surface area (TPSA) is 76.9 Å². The Bertz CT molecular complexity index is 1030. The van der Waals surface area contributed by atoms with E-state index < -0.39 is 10.0 Å². The van der Waals surface area contributed by atoms with Crippen LogP contribution in [0.1, 0.15) is 27.8 Å². The number of nitrogens with zero attached hydrogens (tertiary/aromatic N) is 3. The fourth-order valence-electron chi connectivity index (χ4n) is 3.18. The van der Waals surface area contributed by atoms with Crippen molar-refractivity contribution in [1.82, 2.24) is 14.8 Å². The van der Waals surface area contributed by atoms with E-state index in [-0.39, 0.29) is 10.8 Å². The molecule has 1 aromatic heterocycles. The van der Waals surface area contributed by atoms with Crippen LogP contribution in [0.25, 0.3) is 0 Å². The Balaban J connectivity index is 1.82. The molecule has 26 heavy (non-hydrogen) atoms. The van der Waals surface area contributed by atoms with E-state index in [1.165, 1.54) is 6.33 Å². The zero-order valence-electron chi connectivity index (χ0n) is 15.3. The van der Waals surface area contributed by atoms with Crippen molar-refractivity contribution in [2.45, 2.75) is 39.1 Å². The van der Waals surface area contributed by atoms with Crippen LogP contribution >= 0.6 is 0 Å². The molecule has 3 aromatic rings. The number of aryl methyl sites for hydroxylation is 4. The zero-order chi connectivity index (χ0) is 18.9. The van der Waals surface area contributed by atoms with Crippen LogP contribution in [0.4, 0.5) is 5.95 Å². The minimum Gasteiger partial charge on any atom is -0.246 e. The lowest BCUT2D eigenvalue weighted by atomic mass is 10.1. The Morgan fingerprint density at radius 1 is 1.00 bits per heavy atom. The predicted molar refractivity (Wildman–Crippen MR) is 102 cm³/mol. The van der Waals surface area contributed by atoms with Crippen LogP contribution in [0.5, 0.6) is 0 Å². The number of nitrogens with one attached hydrogen (secondary N) is 1. The Hall–Kier alpha value is -2.67. The minimum atomic E-state index is -3.75. The van der Waals surface area contributed by atoms with Crippen molar-refractivity contribution in [3.8, 4) is 0 Å². The van der Waals surface area contributed by atoms with Crippen LogP contribution in [0.3, 0.4) is 0 Å². The molecule has 0 radical (unpaired) electrons. The first kappa shape index (κ1) is 18.1. The molecule has 0 amide bonds. The summed E-state index contributed by atoms with van der Waals surface area (Å²) < 4.78 is 29.6. The molecule has 6 nitrogen and oxygen atoms in total. The summed E-state index contributed by atoms with van der Waals surface area (Å²) in [5, 5.41) is 4.24. The molecule has 1 heterocycles. The van der Waals surface area contributed by atoms with Gasteiger partial charge in [0.25, 0.3) is 16.0 Å². The number of hydrogen-bond donors (Lipinski definition) is 1. The summed E-state index contributed by atoms with van der Waals surface area (Å²) in [5.41, 5.74) is 4.67. The van der Waals surface area contributed by atoms with Gasteiger partial charge in [-0.1, -0.05) is 47.5 Å². The van der Waals surface area contributed by atoms with E-state index in [1.807, 2.05) is 44.2 Å². The molecular formula is C19H22N4O2S. The van der Waals surface area contributed by atoms with Crippen LogP contribution in [-0.4, -0.2) is 23.2 Å². The minimum absolute atomic E-state index is 0.0667. The summed E-state index contributed by atoms with van der Waals surface area (Å²) in [6.07, 6.45) is 1.52. The summed E-state index contributed by atoms with van der Waals surface area (Å²) in [5.74, 6) is 0.0667. The van der Waals surface area contributed by atoms with E-state index in [0.29, 0.717) is 17.7 Å². The van der Waals surface area contributed by atoms with Crippen LogP contribution in [0.2, 0.25) is 0 Å². The summed E-state index contributed by atoms with van der Waals surface area (Å²) in [4.78, 5) is 4.36. The van der Waals surface area contributed by atoms with Gasteiger partial charge in [0.2, 0.25) is 0 Å². The predicted octanol–water partition coefficient (Wildman–Crippen LogP) is 3.36. The third kappa shape index (κ3) is 3.94. The molecular weight excluding hydrogens is 348 g/mol. The van der Waals surface area contributed by atoms with E-state index in [9.17, 15) is 8.42 Å². The standard InChI is InChI=1S/C19H22N4O2S/c1-13-6-5-7-17(10-13)11-23-12-20-19(21-23)22-26(24,25)18-15(3)8-14(2)9-16(18)4/h5-10,12H,11H2,1-4H3,(H,21,22). The van der Waals surface area contributed by atoms with Crippen molar-refractivity contribution < 1.29 is 8.42 Å². The van der Waals surface area contributed by atoms with Crippen LogP contribution < -0.4 is 4.72 Å². The molecule has 0 fully saturated rings. The first-order valence-corrected chi connectivity index (χ1v) is 9.78. The summed E-state index contributed by atoms with van der Waals surface area (Å²) in [6, 6.07) is 11.8. The van der Waals surface area contributed by atoms with Crippen molar-refractivity contribution in [1.29, 1.82) is 0 Å². The van der Waals surface area contributed by atoms with E-state index in [0.717, 1.165) is 16.7 Å². The number of aromatic nitrogens is 3. The Morgan fingerprint density at radius 3 is 2.35 bits per heavy atom. The SMILES string of the molecule is Cc1cccc(Cn2cnc(NS(=O)(=O)c3c(C)cc(C)cc3C)n2)c1. The lowest BCUT2D eigenvalue weighted by Crippen LogP contribution is -2.17. The van der Waals surface area contributed by atoms with Gasteiger partial charge in [0.15, 0.2) is 0 Å². The van der Waals surface area contributed by atoms with E-state index in [1.54, 1.807) is 18.5 Å². The largest absolute Gasteiger partial charge is 0.264 e. The molecule has 0 aliphatic carbocycles. The summed E-state index contributed by atoms with van der Waals surface area (Å²) in [6.45, 7) is 8.07. The summed E-state index contributed by atoms with van der Waals surface area (Å²) in [7, 11) is -3.75. The molecule has 0 bridgehead atoms. The van der Waals surface area contributed by atoms with Crippen LogP contribution in [0.15, 0.2) is 47.6 Å². The second-order valence-electron chi connectivity index (χ2n) is 6.59. The van der Waals surface area contributed by atoms with Gasteiger partial charge in [-0.25, -0.2) is 17.8 Å². The summed E-state index contributed by atoms with van der Waals surface area (Å²) >= 11 is 0. The van der Waals surface area contributed by atoms with E-state index >= 15 is 0 Å². The maximum Gasteiger partial charge on any atom is 0.264 e. The van der Waals surface area contributed by atoms with Gasteiger partial charge in [-0.05, 0) is 44.4 Å². The first-order valence-electron chi connectivity index (χ1n) is 8.30. The maximum absolute atomic E-state index is 12.8. The molecule has 0 unspecified atom stereocenters. The third-order valence-corrected chi connectivity index (χ3v) is 5.70. The van der Waals surface area contributed by atoms with Gasteiger partial charge < -0.3 is 0 Å². The second kappa shape index (κ2) is 6.92. The van der Waals surface area contributed by atoms with E-state index in [2.05, 4.69) is 20.9 Å². The van der Waals surface area contributed by atoms with Gasteiger partial charge in [0.05, 0.1) is 11.4 Å². The van der Waals surface area contributed by atoms with Gasteiger partial charge in [-0.15, -0.1) is 5.10 Å². The maximum atomic E-state index is 12.8. The number of hydrogen-bond acceptors (Lipinski definition) is 4. The van der Waals surface area contributed by atoms with Crippen molar-refractivity contribution >= 4 is 16.0 Å². The van der Waals surface area contributed by atoms with Crippen molar-refractivity contribution in [3.05, 3.63) is 70.5 Å². The quantitative estimate of drug-likeness (QED) is 0.747. The number of anilines is 1. The van der Waals surface area contributed by atoms with Crippen molar-refractivity contribution in [2.75, 3.05) is 4.72 Å². The van der Waals surface area contributed by atoms with Crippen LogP contribution in [-0.2, 0) is 16.6 Å². The molecule has 0 saturated carbocycles. The Kier molecular flexibility index (Phi) is 4.82. The molecule has 0 saturated heterocycles. The fraction of sp³-hybridized carbons (Fsp3) is 0.263. The second-order valence-corrected chi connectivity index (χ2v) is 8.21. The van der Waals surface area contributed by atoms with Gasteiger partial charge >= 0.3 is 0 Å². The average Bonchev–Trinajstić information content (AvgIpc) is 2.91. The molecule has 0 spiro atoms. The van der Waals surface area contributed by atoms with Crippen molar-refractivity contribution in [3.63, 3.8) is 0 Å². The normalized spacial score (nSPS) is 11.5. The molecule has 136 valence electrons. The molecule has 0 atom stereocenters. The smallest absolute Gasteiger partial charge is 0.246 e. The van der Waals surface area contributed by atoms with Gasteiger partial charge in [0, 0.05) is 0 Å². The van der Waals surface area contributed by atoms with Gasteiger partial charge in [-0.2, -0.15) is 4.98 Å². The highest BCUT2D eigenvalue weighted by Gasteiger charge is 2.21. The monoisotopic (exact) mass is 370 g/mol. The van der Waals surface area contributed by atoms with E-state index in [4.69, 9.17) is 0 Å². The van der Waals surface area contributed by atoms with Crippen LogP contribution in [0, 0.1) is 27.7 Å². The average molecular weight is 370 g/mol. The molecule has 0 aliphatic heterocycles. The molecule has 0 aliphatic rings. The Morgan fingerprint density at radius 2 is 1.69 bits per heavy atom. The third-order valence-electron chi connectivity index (χ3n) is 4.06. The fourth-order valence-corrected chi connectivity index (χ4v) is 4.58. The Labute approximate surface area is 154 Å². The highest BCUT2D eigenvalue weighted by Crippen LogP contribution is 2.23. The van der Waals surface area contributed by atoms with Gasteiger partial charge in [-0.3, -0.25) is 0 Å². The lowest BCUT2D eigenvalue weighted by Gasteiger charge is -2.12. The van der Waals surface area contributed by atoms with Crippen molar-refractivity contribution in [2.24, 2.45) is 0 Å².